The van der Waals surface area contributed by atoms with Crippen LogP contribution in [0.2, 0.25) is 0 Å². The Morgan fingerprint density at radius 2 is 2.28 bits per heavy atom. The van der Waals surface area contributed by atoms with Crippen molar-refractivity contribution in [3.63, 3.8) is 0 Å². The van der Waals surface area contributed by atoms with Crippen molar-refractivity contribution < 1.29 is 14.3 Å². The lowest BCUT2D eigenvalue weighted by Gasteiger charge is -2.19. The van der Waals surface area contributed by atoms with Gasteiger partial charge in [-0.15, -0.1) is 0 Å². The van der Waals surface area contributed by atoms with Crippen molar-refractivity contribution >= 4 is 11.9 Å². The monoisotopic (exact) mass is 251 g/mol. The second-order valence-electron chi connectivity index (χ2n) is 5.11. The zero-order chi connectivity index (χ0) is 13.0. The van der Waals surface area contributed by atoms with Crippen molar-refractivity contribution in [2.45, 2.75) is 51.6 Å². The highest BCUT2D eigenvalue weighted by atomic mass is 16.5. The van der Waals surface area contributed by atoms with E-state index in [9.17, 15) is 9.59 Å². The summed E-state index contributed by atoms with van der Waals surface area (Å²) in [5, 5.41) is 0. The maximum atomic E-state index is 11.7. The Morgan fingerprint density at radius 3 is 2.89 bits per heavy atom. The highest BCUT2D eigenvalue weighted by Crippen LogP contribution is 2.20. The van der Waals surface area contributed by atoms with Crippen LogP contribution < -0.4 is 0 Å². The molecule has 0 bridgehead atoms. The van der Waals surface area contributed by atoms with Gasteiger partial charge in [-0.2, -0.15) is 0 Å². The molecule has 1 atom stereocenters. The summed E-state index contributed by atoms with van der Waals surface area (Å²) in [7, 11) is 0. The van der Waals surface area contributed by atoms with Crippen LogP contribution in [0.4, 0.5) is 0 Å². The molecule has 0 N–H and O–H groups in total. The van der Waals surface area contributed by atoms with Gasteiger partial charge in [0.05, 0.1) is 0 Å². The van der Waals surface area contributed by atoms with E-state index >= 15 is 0 Å². The van der Waals surface area contributed by atoms with Gasteiger partial charge in [0, 0.05) is 31.5 Å². The first-order valence-electron chi connectivity index (χ1n) is 6.84. The molecule has 2 aliphatic rings. The predicted molar refractivity (Wildman–Crippen MR) is 67.9 cm³/mol. The number of hydrogen-bond donors (Lipinski definition) is 0. The van der Waals surface area contributed by atoms with E-state index in [1.807, 2.05) is 17.9 Å². The fourth-order valence-corrected chi connectivity index (χ4v) is 2.45. The van der Waals surface area contributed by atoms with Crippen molar-refractivity contribution in [3.05, 3.63) is 11.6 Å². The first-order chi connectivity index (χ1) is 8.66. The fourth-order valence-electron chi connectivity index (χ4n) is 2.45. The van der Waals surface area contributed by atoms with E-state index < -0.39 is 0 Å². The highest BCUT2D eigenvalue weighted by molar-refractivity contribution is 5.88. The number of ether oxygens (including phenoxy) is 1. The molecule has 1 heterocycles. The van der Waals surface area contributed by atoms with Crippen molar-refractivity contribution in [2.75, 3.05) is 13.1 Å². The lowest BCUT2D eigenvalue weighted by molar-refractivity contribution is -0.144. The normalized spacial score (nSPS) is 21.1. The summed E-state index contributed by atoms with van der Waals surface area (Å²) >= 11 is 0. The Morgan fingerprint density at radius 1 is 1.44 bits per heavy atom. The van der Waals surface area contributed by atoms with Crippen LogP contribution in [0.25, 0.3) is 0 Å². The molecule has 1 saturated heterocycles. The number of hydrogen-bond acceptors (Lipinski definition) is 3. The van der Waals surface area contributed by atoms with E-state index in [1.165, 1.54) is 0 Å². The molecule has 100 valence electrons. The van der Waals surface area contributed by atoms with Crippen LogP contribution in [0.1, 0.15) is 45.4 Å². The molecule has 0 radical (unpaired) electrons. The molecule has 0 aromatic rings. The van der Waals surface area contributed by atoms with Crippen LogP contribution in [-0.2, 0) is 14.3 Å². The summed E-state index contributed by atoms with van der Waals surface area (Å²) in [6.45, 7) is 3.45. The molecule has 18 heavy (non-hydrogen) atoms. The smallest absolute Gasteiger partial charge is 0.333 e. The maximum Gasteiger partial charge on any atom is 0.333 e. The van der Waals surface area contributed by atoms with Crippen LogP contribution in [0, 0.1) is 0 Å². The van der Waals surface area contributed by atoms with Crippen molar-refractivity contribution in [3.8, 4) is 0 Å². The number of carbonyl (C=O) groups is 2. The zero-order valence-electron chi connectivity index (χ0n) is 11.0. The number of nitrogens with zero attached hydrogens (tertiary/aromatic N) is 1. The Kier molecular flexibility index (Phi) is 4.39. The lowest BCUT2D eigenvalue weighted by Crippen LogP contribution is -2.29. The number of likely N-dealkylation sites (tertiary alicyclic amines) is 1. The summed E-state index contributed by atoms with van der Waals surface area (Å²) in [5.41, 5.74) is 0.819. The molecule has 1 aliphatic carbocycles. The molecular formula is C14H21NO3. The molecule has 4 heteroatoms. The number of allylic oxidation sites excluding steroid dienone is 1. The molecule has 1 unspecified atom stereocenters. The fraction of sp³-hybridized carbons (Fsp3) is 0.714. The molecule has 4 nitrogen and oxygen atoms in total. The second-order valence-corrected chi connectivity index (χ2v) is 5.11. The van der Waals surface area contributed by atoms with Crippen LogP contribution in [0.3, 0.4) is 0 Å². The quantitative estimate of drug-likeness (QED) is 0.702. The lowest BCUT2D eigenvalue weighted by atomic mass is 10.2. The predicted octanol–water partition coefficient (Wildman–Crippen LogP) is 2.04. The Labute approximate surface area is 108 Å². The first kappa shape index (κ1) is 13.1. The average Bonchev–Trinajstić information content (AvgIpc) is 2.97. The van der Waals surface area contributed by atoms with Crippen LogP contribution in [-0.4, -0.2) is 36.0 Å². The Hall–Kier alpha value is -1.32. The number of amides is 1. The minimum Gasteiger partial charge on any atom is -0.459 e. The largest absolute Gasteiger partial charge is 0.459 e. The third-order valence-electron chi connectivity index (χ3n) is 3.59. The second kappa shape index (κ2) is 6.03. The molecule has 0 spiro atoms. The van der Waals surface area contributed by atoms with Gasteiger partial charge >= 0.3 is 5.97 Å². The number of esters is 1. The summed E-state index contributed by atoms with van der Waals surface area (Å²) in [6.07, 6.45) is 7.09. The van der Waals surface area contributed by atoms with Gasteiger partial charge in [-0.05, 0) is 32.6 Å². The molecule has 2 rings (SSSR count). The van der Waals surface area contributed by atoms with Gasteiger partial charge in [-0.3, -0.25) is 4.79 Å². The molecule has 0 aromatic heterocycles. The van der Waals surface area contributed by atoms with Gasteiger partial charge in [0.25, 0.3) is 0 Å². The first-order valence-corrected chi connectivity index (χ1v) is 6.84. The van der Waals surface area contributed by atoms with Crippen LogP contribution >= 0.6 is 0 Å². The summed E-state index contributed by atoms with van der Waals surface area (Å²) in [5.74, 6) is 0.0553. The third kappa shape index (κ3) is 3.34. The van der Waals surface area contributed by atoms with Gasteiger partial charge < -0.3 is 9.64 Å². The zero-order valence-corrected chi connectivity index (χ0v) is 11.0. The standard InChI is InChI=1S/C14H21NO3/c1-11(8-10-15-9-4-7-13(15)16)18-14(17)12-5-2-3-6-12/h5,11H,2-4,6-10H2,1H3. The van der Waals surface area contributed by atoms with Crippen molar-refractivity contribution in [1.82, 2.24) is 4.90 Å². The maximum absolute atomic E-state index is 11.7. The van der Waals surface area contributed by atoms with E-state index in [2.05, 4.69) is 0 Å². The highest BCUT2D eigenvalue weighted by Gasteiger charge is 2.22. The van der Waals surface area contributed by atoms with E-state index in [0.29, 0.717) is 13.0 Å². The van der Waals surface area contributed by atoms with E-state index in [-0.39, 0.29) is 18.0 Å². The topological polar surface area (TPSA) is 46.6 Å². The van der Waals surface area contributed by atoms with E-state index in [4.69, 9.17) is 4.74 Å². The average molecular weight is 251 g/mol. The van der Waals surface area contributed by atoms with E-state index in [1.54, 1.807) is 0 Å². The van der Waals surface area contributed by atoms with Crippen LogP contribution in [0.15, 0.2) is 11.6 Å². The SMILES string of the molecule is CC(CCN1CCCC1=O)OC(=O)C1=CCCC1. The third-order valence-corrected chi connectivity index (χ3v) is 3.59. The Bertz CT molecular complexity index is 362. The molecule has 1 aliphatic heterocycles. The van der Waals surface area contributed by atoms with Crippen molar-refractivity contribution in [2.24, 2.45) is 0 Å². The van der Waals surface area contributed by atoms with E-state index in [0.717, 1.165) is 44.2 Å². The van der Waals surface area contributed by atoms with Crippen LogP contribution in [0.5, 0.6) is 0 Å². The van der Waals surface area contributed by atoms with Crippen molar-refractivity contribution in [1.29, 1.82) is 0 Å². The Balaban J connectivity index is 1.69. The van der Waals surface area contributed by atoms with Gasteiger partial charge in [0.2, 0.25) is 5.91 Å². The summed E-state index contributed by atoms with van der Waals surface area (Å²) in [6, 6.07) is 0. The summed E-state index contributed by atoms with van der Waals surface area (Å²) in [4.78, 5) is 25.0. The van der Waals surface area contributed by atoms with Gasteiger partial charge in [-0.25, -0.2) is 4.79 Å². The summed E-state index contributed by atoms with van der Waals surface area (Å²) < 4.78 is 5.38. The minimum absolute atomic E-state index is 0.118. The van der Waals surface area contributed by atoms with Gasteiger partial charge in [0.15, 0.2) is 0 Å². The molecular weight excluding hydrogens is 230 g/mol. The number of rotatable bonds is 5. The minimum atomic E-state index is -0.173. The van der Waals surface area contributed by atoms with Gasteiger partial charge in [0.1, 0.15) is 6.10 Å². The number of carbonyl (C=O) groups excluding carboxylic acids is 2. The van der Waals surface area contributed by atoms with Gasteiger partial charge in [-0.1, -0.05) is 6.08 Å². The molecule has 1 fully saturated rings. The molecule has 0 saturated carbocycles. The molecule has 1 amide bonds. The molecule has 0 aromatic carbocycles.